The van der Waals surface area contributed by atoms with Crippen LogP contribution in [0, 0.1) is 11.3 Å². The summed E-state index contributed by atoms with van der Waals surface area (Å²) in [6.07, 6.45) is 5.78. The third-order valence-electron chi connectivity index (χ3n) is 3.68. The number of sulfonamides is 1. The third kappa shape index (κ3) is 4.13. The van der Waals surface area contributed by atoms with Crippen molar-refractivity contribution in [1.82, 2.24) is 4.72 Å². The topological polar surface area (TPSA) is 70.0 Å². The molecule has 0 amide bonds. The highest BCUT2D eigenvalue weighted by molar-refractivity contribution is 7.99. The second kappa shape index (κ2) is 7.01. The van der Waals surface area contributed by atoms with E-state index in [1.807, 2.05) is 17.8 Å². The molecule has 21 heavy (non-hydrogen) atoms. The van der Waals surface area contributed by atoms with Gasteiger partial charge in [-0.15, -0.1) is 0 Å². The molecule has 0 heterocycles. The van der Waals surface area contributed by atoms with Gasteiger partial charge in [0.15, 0.2) is 0 Å². The van der Waals surface area contributed by atoms with Crippen LogP contribution in [0.25, 0.3) is 0 Å². The summed E-state index contributed by atoms with van der Waals surface area (Å²) in [4.78, 5) is -0.0183. The van der Waals surface area contributed by atoms with Crippen molar-refractivity contribution in [3.63, 3.8) is 0 Å². The summed E-state index contributed by atoms with van der Waals surface area (Å²) >= 11 is 7.80. The molecule has 0 radical (unpaired) electrons. The number of benzene rings is 1. The summed E-state index contributed by atoms with van der Waals surface area (Å²) in [5.74, 6) is 0. The van der Waals surface area contributed by atoms with E-state index in [2.05, 4.69) is 11.0 Å². The van der Waals surface area contributed by atoms with Gasteiger partial charge in [-0.3, -0.25) is 0 Å². The molecule has 1 aromatic rings. The summed E-state index contributed by atoms with van der Waals surface area (Å²) in [6, 6.07) is 6.14. The number of nitrogens with zero attached hydrogens (tertiary/aromatic N) is 1. The Morgan fingerprint density at radius 3 is 2.57 bits per heavy atom. The van der Waals surface area contributed by atoms with Crippen molar-refractivity contribution >= 4 is 33.4 Å². The minimum atomic E-state index is -3.69. The van der Waals surface area contributed by atoms with Crippen molar-refractivity contribution < 1.29 is 8.42 Å². The lowest BCUT2D eigenvalue weighted by molar-refractivity contribution is 0.420. The fourth-order valence-corrected chi connectivity index (χ4v) is 5.05. The normalized spacial score (nSPS) is 22.7. The largest absolute Gasteiger partial charge is 0.242 e. The molecular formula is C14H17ClN2O2S2. The van der Waals surface area contributed by atoms with Crippen LogP contribution in [0.4, 0.5) is 0 Å². The van der Waals surface area contributed by atoms with Gasteiger partial charge in [-0.1, -0.05) is 11.6 Å². The molecule has 0 aliphatic heterocycles. The van der Waals surface area contributed by atoms with E-state index in [0.717, 1.165) is 25.7 Å². The molecule has 1 aliphatic rings. The van der Waals surface area contributed by atoms with Crippen LogP contribution >= 0.6 is 23.4 Å². The molecule has 1 aliphatic carbocycles. The van der Waals surface area contributed by atoms with Crippen LogP contribution in [-0.2, 0) is 10.0 Å². The lowest BCUT2D eigenvalue weighted by atomic mass is 9.96. The third-order valence-corrected chi connectivity index (χ3v) is 6.82. The highest BCUT2D eigenvalue weighted by atomic mass is 35.5. The van der Waals surface area contributed by atoms with E-state index in [0.29, 0.717) is 5.25 Å². The number of hydrogen-bond acceptors (Lipinski definition) is 4. The van der Waals surface area contributed by atoms with Gasteiger partial charge in [0.05, 0.1) is 16.7 Å². The molecule has 114 valence electrons. The molecule has 0 saturated heterocycles. The SMILES string of the molecule is CSC1CCC(NS(=O)(=O)c2cc(C#N)ccc2Cl)CC1. The van der Waals surface area contributed by atoms with Gasteiger partial charge in [-0.2, -0.15) is 17.0 Å². The van der Waals surface area contributed by atoms with Crippen LogP contribution in [-0.4, -0.2) is 26.0 Å². The second-order valence-corrected chi connectivity index (χ2v) is 8.32. The van der Waals surface area contributed by atoms with Gasteiger partial charge in [0.2, 0.25) is 10.0 Å². The van der Waals surface area contributed by atoms with Gasteiger partial charge in [-0.05, 0) is 50.1 Å². The smallest absolute Gasteiger partial charge is 0.208 e. The first kappa shape index (κ1) is 16.6. The lowest BCUT2D eigenvalue weighted by Gasteiger charge is -2.27. The van der Waals surface area contributed by atoms with Crippen molar-refractivity contribution in [2.24, 2.45) is 0 Å². The number of halogens is 1. The van der Waals surface area contributed by atoms with Crippen LogP contribution in [0.5, 0.6) is 0 Å². The van der Waals surface area contributed by atoms with E-state index in [1.54, 1.807) is 0 Å². The molecule has 0 aromatic heterocycles. The maximum absolute atomic E-state index is 12.4. The van der Waals surface area contributed by atoms with Crippen LogP contribution in [0.3, 0.4) is 0 Å². The quantitative estimate of drug-likeness (QED) is 0.910. The first-order valence-corrected chi connectivity index (χ1v) is 9.86. The Kier molecular flexibility index (Phi) is 5.55. The molecular weight excluding hydrogens is 328 g/mol. The number of hydrogen-bond donors (Lipinski definition) is 1. The predicted octanol–water partition coefficient (Wildman–Crippen LogP) is 3.16. The van der Waals surface area contributed by atoms with Crippen LogP contribution in [0.15, 0.2) is 23.1 Å². The molecule has 0 bridgehead atoms. The summed E-state index contributed by atoms with van der Waals surface area (Å²) in [5.41, 5.74) is 0.283. The Morgan fingerprint density at radius 2 is 2.00 bits per heavy atom. The first-order valence-electron chi connectivity index (χ1n) is 6.71. The monoisotopic (exact) mass is 344 g/mol. The average Bonchev–Trinajstić information content (AvgIpc) is 2.48. The predicted molar refractivity (Wildman–Crippen MR) is 86.0 cm³/mol. The van der Waals surface area contributed by atoms with E-state index in [-0.39, 0.29) is 21.5 Å². The Hall–Kier alpha value is -0.740. The summed E-state index contributed by atoms with van der Waals surface area (Å²) < 4.78 is 27.6. The standard InChI is InChI=1S/C14H17ClN2O2S2/c1-20-12-5-3-11(4-6-12)17-21(18,19)14-8-10(9-16)2-7-13(14)15/h2,7-8,11-12,17H,3-6H2,1H3. The highest BCUT2D eigenvalue weighted by Gasteiger charge is 2.26. The van der Waals surface area contributed by atoms with E-state index in [1.165, 1.54) is 18.2 Å². The van der Waals surface area contributed by atoms with Gasteiger partial charge in [0.1, 0.15) is 4.90 Å². The van der Waals surface area contributed by atoms with Crippen LogP contribution < -0.4 is 4.72 Å². The Labute approximate surface area is 134 Å². The molecule has 7 heteroatoms. The van der Waals surface area contributed by atoms with Gasteiger partial charge in [0.25, 0.3) is 0 Å². The molecule has 4 nitrogen and oxygen atoms in total. The number of thioether (sulfide) groups is 1. The van der Waals surface area contributed by atoms with E-state index in [9.17, 15) is 8.42 Å². The maximum Gasteiger partial charge on any atom is 0.242 e. The Bertz CT molecular complexity index is 647. The molecule has 0 unspecified atom stereocenters. The molecule has 1 fully saturated rings. The molecule has 1 saturated carbocycles. The number of nitriles is 1. The minimum Gasteiger partial charge on any atom is -0.208 e. The maximum atomic E-state index is 12.4. The molecule has 1 N–H and O–H groups in total. The molecule has 2 rings (SSSR count). The van der Waals surface area contributed by atoms with Crippen molar-refractivity contribution in [2.45, 2.75) is 41.9 Å². The van der Waals surface area contributed by atoms with Crippen molar-refractivity contribution in [2.75, 3.05) is 6.26 Å². The zero-order valence-electron chi connectivity index (χ0n) is 11.7. The zero-order valence-corrected chi connectivity index (χ0v) is 14.1. The van der Waals surface area contributed by atoms with E-state index >= 15 is 0 Å². The first-order chi connectivity index (χ1) is 9.96. The lowest BCUT2D eigenvalue weighted by Crippen LogP contribution is -2.38. The summed E-state index contributed by atoms with van der Waals surface area (Å²) in [5, 5.41) is 9.65. The summed E-state index contributed by atoms with van der Waals surface area (Å²) in [6.45, 7) is 0. The summed E-state index contributed by atoms with van der Waals surface area (Å²) in [7, 11) is -3.69. The highest BCUT2D eigenvalue weighted by Crippen LogP contribution is 2.29. The average molecular weight is 345 g/mol. The van der Waals surface area contributed by atoms with E-state index < -0.39 is 10.0 Å². The van der Waals surface area contributed by atoms with Crippen LogP contribution in [0.2, 0.25) is 5.02 Å². The fraction of sp³-hybridized carbons (Fsp3) is 0.500. The fourth-order valence-electron chi connectivity index (χ4n) is 2.48. The Balaban J connectivity index is 2.14. The van der Waals surface area contributed by atoms with Crippen molar-refractivity contribution in [3.05, 3.63) is 28.8 Å². The van der Waals surface area contributed by atoms with Crippen molar-refractivity contribution in [3.8, 4) is 6.07 Å². The van der Waals surface area contributed by atoms with Crippen molar-refractivity contribution in [1.29, 1.82) is 5.26 Å². The molecule has 0 spiro atoms. The van der Waals surface area contributed by atoms with Gasteiger partial charge in [-0.25, -0.2) is 13.1 Å². The van der Waals surface area contributed by atoms with Gasteiger partial charge in [0, 0.05) is 11.3 Å². The van der Waals surface area contributed by atoms with Gasteiger partial charge >= 0.3 is 0 Å². The zero-order chi connectivity index (χ0) is 15.5. The van der Waals surface area contributed by atoms with Crippen LogP contribution in [0.1, 0.15) is 31.2 Å². The minimum absolute atomic E-state index is 0.0183. The van der Waals surface area contributed by atoms with E-state index in [4.69, 9.17) is 16.9 Å². The Morgan fingerprint density at radius 1 is 1.33 bits per heavy atom. The number of rotatable bonds is 4. The molecule has 1 aromatic carbocycles. The second-order valence-electron chi connectivity index (χ2n) is 5.09. The van der Waals surface area contributed by atoms with Gasteiger partial charge < -0.3 is 0 Å². The number of nitrogens with one attached hydrogen (secondary N) is 1. The molecule has 0 atom stereocenters.